The van der Waals surface area contributed by atoms with Gasteiger partial charge < -0.3 is 4.74 Å². The average Bonchev–Trinajstić information content (AvgIpc) is 1.97. The SMILES string of the molecule is C=C(C)CN1CC(C)OCC1(C)C. The van der Waals surface area contributed by atoms with E-state index in [9.17, 15) is 0 Å². The van der Waals surface area contributed by atoms with Crippen LogP contribution in [0.3, 0.4) is 0 Å². The molecule has 2 heteroatoms. The molecule has 0 bridgehead atoms. The summed E-state index contributed by atoms with van der Waals surface area (Å²) in [6.45, 7) is 15.4. The van der Waals surface area contributed by atoms with Gasteiger partial charge in [0.25, 0.3) is 0 Å². The van der Waals surface area contributed by atoms with E-state index < -0.39 is 0 Å². The number of hydrogen-bond acceptors (Lipinski definition) is 2. The van der Waals surface area contributed by atoms with Gasteiger partial charge in [-0.15, -0.1) is 0 Å². The minimum atomic E-state index is 0.158. The average molecular weight is 183 g/mol. The number of morpholine rings is 1. The van der Waals surface area contributed by atoms with E-state index in [1.807, 2.05) is 0 Å². The Bertz CT molecular complexity index is 198. The zero-order valence-corrected chi connectivity index (χ0v) is 9.26. The van der Waals surface area contributed by atoms with Crippen molar-refractivity contribution in [3.05, 3.63) is 12.2 Å². The molecule has 1 aliphatic heterocycles. The van der Waals surface area contributed by atoms with Crippen molar-refractivity contribution < 1.29 is 4.74 Å². The first-order valence-corrected chi connectivity index (χ1v) is 4.93. The van der Waals surface area contributed by atoms with Gasteiger partial charge in [-0.1, -0.05) is 12.2 Å². The van der Waals surface area contributed by atoms with Gasteiger partial charge in [0.15, 0.2) is 0 Å². The molecular formula is C11H21NO. The van der Waals surface area contributed by atoms with E-state index in [0.717, 1.165) is 19.7 Å². The van der Waals surface area contributed by atoms with E-state index in [2.05, 4.69) is 39.2 Å². The highest BCUT2D eigenvalue weighted by atomic mass is 16.5. The molecule has 0 radical (unpaired) electrons. The van der Waals surface area contributed by atoms with Crippen LogP contribution in [0.1, 0.15) is 27.7 Å². The zero-order valence-electron chi connectivity index (χ0n) is 9.26. The van der Waals surface area contributed by atoms with Crippen molar-refractivity contribution in [1.82, 2.24) is 4.90 Å². The highest BCUT2D eigenvalue weighted by Crippen LogP contribution is 2.22. The maximum Gasteiger partial charge on any atom is 0.0675 e. The summed E-state index contributed by atoms with van der Waals surface area (Å²) in [5, 5.41) is 0. The molecule has 0 spiro atoms. The second-order valence-electron chi connectivity index (χ2n) is 4.77. The standard InChI is InChI=1S/C11H21NO/c1-9(2)6-12-7-10(3)13-8-11(12,4)5/h10H,1,6-8H2,2-5H3. The summed E-state index contributed by atoms with van der Waals surface area (Å²) in [6.07, 6.45) is 0.354. The quantitative estimate of drug-likeness (QED) is 0.608. The van der Waals surface area contributed by atoms with Gasteiger partial charge in [-0.3, -0.25) is 4.90 Å². The van der Waals surface area contributed by atoms with Crippen LogP contribution in [-0.4, -0.2) is 36.2 Å². The highest BCUT2D eigenvalue weighted by Gasteiger charge is 2.32. The molecule has 1 fully saturated rings. The Morgan fingerprint density at radius 2 is 2.23 bits per heavy atom. The Morgan fingerprint density at radius 1 is 1.62 bits per heavy atom. The van der Waals surface area contributed by atoms with Gasteiger partial charge in [0, 0.05) is 18.6 Å². The molecule has 0 saturated carbocycles. The van der Waals surface area contributed by atoms with Crippen molar-refractivity contribution in [2.45, 2.75) is 39.3 Å². The second kappa shape index (κ2) is 3.81. The molecule has 1 atom stereocenters. The topological polar surface area (TPSA) is 12.5 Å². The first-order chi connectivity index (χ1) is 5.92. The maximum atomic E-state index is 5.63. The normalized spacial score (nSPS) is 28.8. The predicted molar refractivity (Wildman–Crippen MR) is 55.9 cm³/mol. The molecule has 0 aromatic carbocycles. The number of hydrogen-bond donors (Lipinski definition) is 0. The fourth-order valence-electron chi connectivity index (χ4n) is 1.65. The molecule has 0 amide bonds. The summed E-state index contributed by atoms with van der Waals surface area (Å²) in [7, 11) is 0. The van der Waals surface area contributed by atoms with Gasteiger partial charge in [0.1, 0.15) is 0 Å². The Kier molecular flexibility index (Phi) is 3.14. The van der Waals surface area contributed by atoms with Crippen LogP contribution in [0.4, 0.5) is 0 Å². The zero-order chi connectivity index (χ0) is 10.1. The Morgan fingerprint density at radius 3 is 2.77 bits per heavy atom. The van der Waals surface area contributed by atoms with Crippen molar-refractivity contribution in [1.29, 1.82) is 0 Å². The molecule has 0 aliphatic carbocycles. The fourth-order valence-corrected chi connectivity index (χ4v) is 1.65. The lowest BCUT2D eigenvalue weighted by molar-refractivity contribution is -0.0873. The largest absolute Gasteiger partial charge is 0.375 e. The number of nitrogens with zero attached hydrogens (tertiary/aromatic N) is 1. The Labute approximate surface area is 81.6 Å². The fraction of sp³-hybridized carbons (Fsp3) is 0.818. The molecule has 2 nitrogen and oxygen atoms in total. The monoisotopic (exact) mass is 183 g/mol. The second-order valence-corrected chi connectivity index (χ2v) is 4.77. The van der Waals surface area contributed by atoms with Crippen molar-refractivity contribution in [2.75, 3.05) is 19.7 Å². The molecule has 13 heavy (non-hydrogen) atoms. The summed E-state index contributed by atoms with van der Waals surface area (Å²) in [5.74, 6) is 0. The Balaban J connectivity index is 2.61. The Hall–Kier alpha value is -0.340. The molecule has 76 valence electrons. The third-order valence-corrected chi connectivity index (χ3v) is 2.52. The van der Waals surface area contributed by atoms with Crippen LogP contribution >= 0.6 is 0 Å². The lowest BCUT2D eigenvalue weighted by atomic mass is 10.0. The van der Waals surface area contributed by atoms with E-state index >= 15 is 0 Å². The van der Waals surface area contributed by atoms with E-state index in [1.165, 1.54) is 5.57 Å². The lowest BCUT2D eigenvalue weighted by Crippen LogP contribution is -2.55. The molecule has 1 rings (SSSR count). The number of rotatable bonds is 2. The minimum Gasteiger partial charge on any atom is -0.375 e. The molecule has 1 aliphatic rings. The summed E-state index contributed by atoms with van der Waals surface area (Å²) in [5.41, 5.74) is 1.38. The van der Waals surface area contributed by atoms with Crippen LogP contribution in [0.15, 0.2) is 12.2 Å². The molecule has 0 N–H and O–H groups in total. The van der Waals surface area contributed by atoms with E-state index in [0.29, 0.717) is 6.10 Å². The van der Waals surface area contributed by atoms with Gasteiger partial charge in [0.05, 0.1) is 12.7 Å². The van der Waals surface area contributed by atoms with E-state index in [1.54, 1.807) is 0 Å². The summed E-state index contributed by atoms with van der Waals surface area (Å²) in [6, 6.07) is 0. The van der Waals surface area contributed by atoms with E-state index in [4.69, 9.17) is 4.74 Å². The van der Waals surface area contributed by atoms with Gasteiger partial charge in [-0.25, -0.2) is 0 Å². The first kappa shape index (κ1) is 10.7. The van der Waals surface area contributed by atoms with Crippen molar-refractivity contribution in [3.63, 3.8) is 0 Å². The molecule has 1 saturated heterocycles. The first-order valence-electron chi connectivity index (χ1n) is 4.93. The van der Waals surface area contributed by atoms with Gasteiger partial charge in [-0.2, -0.15) is 0 Å². The van der Waals surface area contributed by atoms with Crippen molar-refractivity contribution >= 4 is 0 Å². The summed E-state index contributed by atoms with van der Waals surface area (Å²) in [4.78, 5) is 2.45. The summed E-state index contributed by atoms with van der Waals surface area (Å²) >= 11 is 0. The third kappa shape index (κ3) is 2.82. The van der Waals surface area contributed by atoms with Crippen LogP contribution in [0.5, 0.6) is 0 Å². The molecule has 0 aromatic heterocycles. The molecule has 0 aromatic rings. The van der Waals surface area contributed by atoms with Gasteiger partial charge in [0.2, 0.25) is 0 Å². The molecular weight excluding hydrogens is 162 g/mol. The van der Waals surface area contributed by atoms with Gasteiger partial charge >= 0.3 is 0 Å². The van der Waals surface area contributed by atoms with Crippen LogP contribution < -0.4 is 0 Å². The maximum absolute atomic E-state index is 5.63. The summed E-state index contributed by atoms with van der Waals surface area (Å²) < 4.78 is 5.63. The van der Waals surface area contributed by atoms with Gasteiger partial charge in [-0.05, 0) is 27.7 Å². The smallest absolute Gasteiger partial charge is 0.0675 e. The lowest BCUT2D eigenvalue weighted by Gasteiger charge is -2.44. The highest BCUT2D eigenvalue weighted by molar-refractivity contribution is 4.98. The van der Waals surface area contributed by atoms with Crippen LogP contribution in [-0.2, 0) is 4.74 Å². The predicted octanol–water partition coefficient (Wildman–Crippen LogP) is 2.06. The molecule has 1 heterocycles. The van der Waals surface area contributed by atoms with Crippen LogP contribution in [0, 0.1) is 0 Å². The van der Waals surface area contributed by atoms with Crippen LogP contribution in [0.2, 0.25) is 0 Å². The molecule has 1 unspecified atom stereocenters. The van der Waals surface area contributed by atoms with Crippen LogP contribution in [0.25, 0.3) is 0 Å². The van der Waals surface area contributed by atoms with E-state index in [-0.39, 0.29) is 5.54 Å². The third-order valence-electron chi connectivity index (χ3n) is 2.52. The minimum absolute atomic E-state index is 0.158. The van der Waals surface area contributed by atoms with Crippen molar-refractivity contribution in [2.24, 2.45) is 0 Å². The van der Waals surface area contributed by atoms with Crippen molar-refractivity contribution in [3.8, 4) is 0 Å². The number of ether oxygens (including phenoxy) is 1.